The van der Waals surface area contributed by atoms with Crippen molar-refractivity contribution in [1.29, 1.82) is 0 Å². The molecule has 1 N–H and O–H groups in total. The largest absolute Gasteiger partial charge is 0.495 e. The van der Waals surface area contributed by atoms with Crippen LogP contribution in [0.15, 0.2) is 47.0 Å². The van der Waals surface area contributed by atoms with Gasteiger partial charge in [0.15, 0.2) is 0 Å². The number of hydrogen-bond donors (Lipinski definition) is 1. The van der Waals surface area contributed by atoms with Gasteiger partial charge in [0.1, 0.15) is 5.75 Å². The van der Waals surface area contributed by atoms with E-state index < -0.39 is 5.92 Å². The van der Waals surface area contributed by atoms with Gasteiger partial charge in [-0.3, -0.25) is 9.59 Å². The Bertz CT molecular complexity index is 1110. The van der Waals surface area contributed by atoms with Crippen LogP contribution in [-0.2, 0) is 9.59 Å². The fraction of sp³-hybridized carbons (Fsp3) is 0.273. The summed E-state index contributed by atoms with van der Waals surface area (Å²) in [6.07, 6.45) is 0.131. The number of aryl methyl sites for hydroxylation is 2. The predicted molar refractivity (Wildman–Crippen MR) is 111 cm³/mol. The first-order valence-corrected chi connectivity index (χ1v) is 9.62. The molecule has 4 rings (SSSR count). The highest BCUT2D eigenvalue weighted by Crippen LogP contribution is 2.34. The molecule has 30 heavy (non-hydrogen) atoms. The Morgan fingerprint density at radius 2 is 2.03 bits per heavy atom. The van der Waals surface area contributed by atoms with Crippen LogP contribution >= 0.6 is 0 Å². The Balaban J connectivity index is 1.54. The van der Waals surface area contributed by atoms with Crippen LogP contribution in [-0.4, -0.2) is 35.6 Å². The van der Waals surface area contributed by atoms with Crippen LogP contribution in [0.2, 0.25) is 0 Å². The summed E-state index contributed by atoms with van der Waals surface area (Å²) >= 11 is 0. The highest BCUT2D eigenvalue weighted by atomic mass is 16.5. The first-order valence-electron chi connectivity index (χ1n) is 9.62. The first kappa shape index (κ1) is 19.6. The molecule has 1 aliphatic heterocycles. The lowest BCUT2D eigenvalue weighted by atomic mass is 10.1. The maximum Gasteiger partial charge on any atom is 0.229 e. The van der Waals surface area contributed by atoms with E-state index in [0.29, 0.717) is 34.4 Å². The number of nitrogens with one attached hydrogen (secondary N) is 1. The molecule has 0 spiro atoms. The number of para-hydroxylation sites is 1. The Morgan fingerprint density at radius 3 is 2.77 bits per heavy atom. The lowest BCUT2D eigenvalue weighted by Gasteiger charge is -2.20. The highest BCUT2D eigenvalue weighted by molar-refractivity contribution is 6.05. The van der Waals surface area contributed by atoms with E-state index in [1.807, 2.05) is 43.3 Å². The summed E-state index contributed by atoms with van der Waals surface area (Å²) < 4.78 is 10.5. The number of amides is 2. The molecule has 2 amide bonds. The molecule has 1 aliphatic rings. The molecule has 8 nitrogen and oxygen atoms in total. The van der Waals surface area contributed by atoms with Crippen molar-refractivity contribution >= 4 is 23.2 Å². The zero-order valence-corrected chi connectivity index (χ0v) is 17.0. The lowest BCUT2D eigenvalue weighted by molar-refractivity contribution is -0.122. The monoisotopic (exact) mass is 406 g/mol. The Labute approximate surface area is 173 Å². The molecule has 0 bridgehead atoms. The average Bonchev–Trinajstić information content (AvgIpc) is 3.34. The average molecular weight is 406 g/mol. The number of carbonyl (C=O) groups is 2. The zero-order chi connectivity index (χ0) is 21.3. The van der Waals surface area contributed by atoms with E-state index in [4.69, 9.17) is 9.26 Å². The minimum atomic E-state index is -0.484. The summed E-state index contributed by atoms with van der Waals surface area (Å²) in [6.45, 7) is 3.94. The van der Waals surface area contributed by atoms with Crippen LogP contribution in [0.4, 0.5) is 11.4 Å². The minimum Gasteiger partial charge on any atom is -0.495 e. The third kappa shape index (κ3) is 3.76. The summed E-state index contributed by atoms with van der Waals surface area (Å²) in [7, 11) is 1.56. The smallest absolute Gasteiger partial charge is 0.229 e. The van der Waals surface area contributed by atoms with Crippen molar-refractivity contribution < 1.29 is 18.8 Å². The van der Waals surface area contributed by atoms with Crippen molar-refractivity contribution in [2.45, 2.75) is 20.3 Å². The molecular weight excluding hydrogens is 384 g/mol. The molecule has 1 atom stereocenters. The third-order valence-corrected chi connectivity index (χ3v) is 5.07. The van der Waals surface area contributed by atoms with Crippen LogP contribution in [0.1, 0.15) is 17.9 Å². The lowest BCUT2D eigenvalue weighted by Crippen LogP contribution is -2.28. The number of benzene rings is 2. The van der Waals surface area contributed by atoms with Gasteiger partial charge < -0.3 is 19.5 Å². The Kier molecular flexibility index (Phi) is 5.22. The van der Waals surface area contributed by atoms with Crippen LogP contribution in [0.3, 0.4) is 0 Å². The molecular formula is C22H22N4O4. The molecule has 0 radical (unpaired) electrons. The van der Waals surface area contributed by atoms with Crippen molar-refractivity contribution in [3.05, 3.63) is 53.9 Å². The molecule has 2 heterocycles. The second-order valence-corrected chi connectivity index (χ2v) is 7.25. The normalized spacial score (nSPS) is 16.0. The van der Waals surface area contributed by atoms with Crippen LogP contribution in [0, 0.1) is 19.8 Å². The fourth-order valence-electron chi connectivity index (χ4n) is 3.56. The third-order valence-electron chi connectivity index (χ3n) is 5.07. The van der Waals surface area contributed by atoms with Gasteiger partial charge in [-0.05, 0) is 36.8 Å². The Morgan fingerprint density at radius 1 is 1.23 bits per heavy atom. The van der Waals surface area contributed by atoms with Crippen molar-refractivity contribution in [2.75, 3.05) is 23.9 Å². The second-order valence-electron chi connectivity index (χ2n) is 7.25. The summed E-state index contributed by atoms with van der Waals surface area (Å²) in [4.78, 5) is 31.5. The quantitative estimate of drug-likeness (QED) is 0.698. The molecule has 2 aromatic carbocycles. The van der Waals surface area contributed by atoms with Crippen molar-refractivity contribution in [3.8, 4) is 17.1 Å². The number of carbonyl (C=O) groups excluding carboxylic acids is 2. The number of nitrogens with zero attached hydrogens (tertiary/aromatic N) is 3. The molecule has 1 saturated heterocycles. The summed E-state index contributed by atoms with van der Waals surface area (Å²) in [6, 6.07) is 12.9. The standard InChI is InChI=1S/C22H22N4O4/c1-13-8-9-19(29-3)18(10-13)26-12-15(11-20(26)27)22(28)24-17-7-5-4-6-16(17)21-23-14(2)30-25-21/h4-10,15H,11-12H2,1-3H3,(H,24,28). The van der Waals surface area contributed by atoms with Gasteiger partial charge in [0, 0.05) is 25.5 Å². The molecule has 8 heteroatoms. The molecule has 0 saturated carbocycles. The highest BCUT2D eigenvalue weighted by Gasteiger charge is 2.36. The number of rotatable bonds is 5. The molecule has 1 unspecified atom stereocenters. The van der Waals surface area contributed by atoms with E-state index in [1.54, 1.807) is 25.0 Å². The first-order chi connectivity index (χ1) is 14.5. The molecule has 1 fully saturated rings. The van der Waals surface area contributed by atoms with Crippen molar-refractivity contribution in [1.82, 2.24) is 10.1 Å². The van der Waals surface area contributed by atoms with E-state index >= 15 is 0 Å². The van der Waals surface area contributed by atoms with E-state index in [0.717, 1.165) is 5.56 Å². The van der Waals surface area contributed by atoms with Gasteiger partial charge >= 0.3 is 0 Å². The number of hydrogen-bond acceptors (Lipinski definition) is 6. The van der Waals surface area contributed by atoms with Crippen LogP contribution in [0.25, 0.3) is 11.4 Å². The zero-order valence-electron chi connectivity index (χ0n) is 17.0. The van der Waals surface area contributed by atoms with E-state index in [9.17, 15) is 9.59 Å². The topological polar surface area (TPSA) is 97.6 Å². The van der Waals surface area contributed by atoms with Gasteiger partial charge in [0.2, 0.25) is 23.5 Å². The van der Waals surface area contributed by atoms with Gasteiger partial charge in [-0.25, -0.2) is 0 Å². The predicted octanol–water partition coefficient (Wildman–Crippen LogP) is 3.35. The molecule has 3 aromatic rings. The Hall–Kier alpha value is -3.68. The SMILES string of the molecule is COc1ccc(C)cc1N1CC(C(=O)Nc2ccccc2-c2noc(C)n2)CC1=O. The van der Waals surface area contributed by atoms with Crippen molar-refractivity contribution in [3.63, 3.8) is 0 Å². The van der Waals surface area contributed by atoms with Gasteiger partial charge in [-0.2, -0.15) is 4.98 Å². The van der Waals surface area contributed by atoms with E-state index in [2.05, 4.69) is 15.5 Å². The van der Waals surface area contributed by atoms with Crippen LogP contribution in [0.5, 0.6) is 5.75 Å². The molecule has 154 valence electrons. The number of aromatic nitrogens is 2. The van der Waals surface area contributed by atoms with Crippen LogP contribution < -0.4 is 15.0 Å². The van der Waals surface area contributed by atoms with Gasteiger partial charge in [-0.15, -0.1) is 0 Å². The van der Waals surface area contributed by atoms with E-state index in [-0.39, 0.29) is 24.8 Å². The maximum atomic E-state index is 13.0. The van der Waals surface area contributed by atoms with E-state index in [1.165, 1.54) is 0 Å². The minimum absolute atomic E-state index is 0.110. The number of methoxy groups -OCH3 is 1. The van der Waals surface area contributed by atoms with Crippen molar-refractivity contribution in [2.24, 2.45) is 5.92 Å². The summed E-state index contributed by atoms with van der Waals surface area (Å²) in [5.74, 6) is 0.620. The van der Waals surface area contributed by atoms with Gasteiger partial charge in [0.05, 0.1) is 24.4 Å². The molecule has 1 aromatic heterocycles. The summed E-state index contributed by atoms with van der Waals surface area (Å²) in [5, 5.41) is 6.85. The summed E-state index contributed by atoms with van der Waals surface area (Å²) in [5.41, 5.74) is 2.92. The maximum absolute atomic E-state index is 13.0. The number of anilines is 2. The molecule has 0 aliphatic carbocycles. The second kappa shape index (κ2) is 7.98. The van der Waals surface area contributed by atoms with Gasteiger partial charge in [0.25, 0.3) is 0 Å². The fourth-order valence-corrected chi connectivity index (χ4v) is 3.56. The van der Waals surface area contributed by atoms with Gasteiger partial charge in [-0.1, -0.05) is 23.4 Å². The number of ether oxygens (including phenoxy) is 1.